The second-order valence-corrected chi connectivity index (χ2v) is 3.67. The number of hydrogen-bond acceptors (Lipinski definition) is 4. The van der Waals surface area contributed by atoms with E-state index in [0.29, 0.717) is 19.4 Å². The molecular formula is C9H14O5. The lowest BCUT2D eigenvalue weighted by Gasteiger charge is -2.25. The Morgan fingerprint density at radius 1 is 1.57 bits per heavy atom. The molecule has 2 atom stereocenters. The fraction of sp³-hybridized carbons (Fsp3) is 0.778. The fourth-order valence-corrected chi connectivity index (χ4v) is 1.50. The third-order valence-electron chi connectivity index (χ3n) is 2.53. The van der Waals surface area contributed by atoms with Crippen LogP contribution in [0, 0.1) is 5.92 Å². The van der Waals surface area contributed by atoms with Crippen LogP contribution in [0.2, 0.25) is 0 Å². The van der Waals surface area contributed by atoms with Crippen LogP contribution in [-0.2, 0) is 14.3 Å². The van der Waals surface area contributed by atoms with Gasteiger partial charge in [-0.2, -0.15) is 0 Å². The van der Waals surface area contributed by atoms with Crippen molar-refractivity contribution in [3.05, 3.63) is 0 Å². The predicted octanol–water partition coefficient (Wildman–Crippen LogP) is 0.165. The molecule has 5 nitrogen and oxygen atoms in total. The van der Waals surface area contributed by atoms with Gasteiger partial charge in [-0.3, -0.25) is 4.79 Å². The van der Waals surface area contributed by atoms with Crippen LogP contribution >= 0.6 is 0 Å². The molecule has 1 fully saturated rings. The summed E-state index contributed by atoms with van der Waals surface area (Å²) in [5, 5.41) is 18.4. The standard InChI is InChI=1S/C9H14O5/c1-9(13,8(11)12)6-4-2-3-5-14-7(6)10/h6,13H,2-5H2,1H3,(H,11,12). The summed E-state index contributed by atoms with van der Waals surface area (Å²) in [6, 6.07) is 0. The van der Waals surface area contributed by atoms with Crippen LogP contribution in [0.25, 0.3) is 0 Å². The summed E-state index contributed by atoms with van der Waals surface area (Å²) >= 11 is 0. The molecule has 1 saturated heterocycles. The zero-order valence-electron chi connectivity index (χ0n) is 8.02. The Morgan fingerprint density at radius 3 is 2.79 bits per heavy atom. The van der Waals surface area contributed by atoms with E-state index in [1.165, 1.54) is 0 Å². The van der Waals surface area contributed by atoms with Gasteiger partial charge in [-0.1, -0.05) is 0 Å². The van der Waals surface area contributed by atoms with Gasteiger partial charge in [0.2, 0.25) is 0 Å². The molecule has 0 aromatic heterocycles. The molecule has 5 heteroatoms. The van der Waals surface area contributed by atoms with Gasteiger partial charge in [0.05, 0.1) is 12.5 Å². The highest BCUT2D eigenvalue weighted by atomic mass is 16.5. The molecule has 0 saturated carbocycles. The minimum absolute atomic E-state index is 0.311. The van der Waals surface area contributed by atoms with Crippen molar-refractivity contribution in [2.75, 3.05) is 6.61 Å². The van der Waals surface area contributed by atoms with Crippen molar-refractivity contribution in [1.29, 1.82) is 0 Å². The Bertz CT molecular complexity index is 246. The molecule has 1 aliphatic rings. The van der Waals surface area contributed by atoms with Crippen LogP contribution in [-0.4, -0.2) is 34.4 Å². The molecule has 0 aromatic carbocycles. The van der Waals surface area contributed by atoms with Crippen LogP contribution in [0.3, 0.4) is 0 Å². The van der Waals surface area contributed by atoms with E-state index in [1.54, 1.807) is 0 Å². The third kappa shape index (κ3) is 2.04. The van der Waals surface area contributed by atoms with Crippen molar-refractivity contribution < 1.29 is 24.5 Å². The van der Waals surface area contributed by atoms with Crippen molar-refractivity contribution in [1.82, 2.24) is 0 Å². The van der Waals surface area contributed by atoms with Gasteiger partial charge in [0.15, 0.2) is 5.60 Å². The minimum Gasteiger partial charge on any atom is -0.479 e. The van der Waals surface area contributed by atoms with E-state index in [2.05, 4.69) is 0 Å². The van der Waals surface area contributed by atoms with Gasteiger partial charge in [0.25, 0.3) is 0 Å². The highest BCUT2D eigenvalue weighted by molar-refractivity contribution is 5.86. The SMILES string of the molecule is CC(O)(C(=O)O)C1CCCCOC1=O. The maximum absolute atomic E-state index is 11.3. The van der Waals surface area contributed by atoms with Crippen molar-refractivity contribution in [2.24, 2.45) is 5.92 Å². The summed E-state index contributed by atoms with van der Waals surface area (Å²) < 4.78 is 4.79. The topological polar surface area (TPSA) is 83.8 Å². The number of aliphatic carboxylic acids is 1. The molecule has 80 valence electrons. The van der Waals surface area contributed by atoms with Gasteiger partial charge < -0.3 is 14.9 Å². The van der Waals surface area contributed by atoms with Crippen LogP contribution in [0.4, 0.5) is 0 Å². The van der Waals surface area contributed by atoms with Gasteiger partial charge in [0.1, 0.15) is 0 Å². The number of aliphatic hydroxyl groups is 1. The van der Waals surface area contributed by atoms with Gasteiger partial charge in [0, 0.05) is 0 Å². The second kappa shape index (κ2) is 3.96. The van der Waals surface area contributed by atoms with Crippen LogP contribution in [0.5, 0.6) is 0 Å². The third-order valence-corrected chi connectivity index (χ3v) is 2.53. The van der Waals surface area contributed by atoms with Crippen molar-refractivity contribution in [3.63, 3.8) is 0 Å². The summed E-state index contributed by atoms with van der Waals surface area (Å²) in [7, 11) is 0. The summed E-state index contributed by atoms with van der Waals surface area (Å²) in [6.07, 6.45) is 1.77. The molecule has 0 bridgehead atoms. The zero-order valence-corrected chi connectivity index (χ0v) is 8.02. The van der Waals surface area contributed by atoms with Crippen molar-refractivity contribution >= 4 is 11.9 Å². The Balaban J connectivity index is 2.82. The van der Waals surface area contributed by atoms with E-state index in [1.807, 2.05) is 0 Å². The van der Waals surface area contributed by atoms with Gasteiger partial charge >= 0.3 is 11.9 Å². The largest absolute Gasteiger partial charge is 0.479 e. The Labute approximate surface area is 81.7 Å². The fourth-order valence-electron chi connectivity index (χ4n) is 1.50. The summed E-state index contributed by atoms with van der Waals surface area (Å²) in [6.45, 7) is 1.44. The molecule has 0 radical (unpaired) electrons. The molecule has 0 aliphatic carbocycles. The van der Waals surface area contributed by atoms with Crippen molar-refractivity contribution in [2.45, 2.75) is 31.8 Å². The second-order valence-electron chi connectivity index (χ2n) is 3.67. The van der Waals surface area contributed by atoms with E-state index in [9.17, 15) is 14.7 Å². The first-order valence-corrected chi connectivity index (χ1v) is 4.58. The average molecular weight is 202 g/mol. The van der Waals surface area contributed by atoms with E-state index in [-0.39, 0.29) is 0 Å². The number of hydrogen-bond donors (Lipinski definition) is 2. The number of carbonyl (C=O) groups is 2. The minimum atomic E-state index is -2.03. The number of carboxylic acids is 1. The lowest BCUT2D eigenvalue weighted by atomic mass is 9.85. The van der Waals surface area contributed by atoms with Gasteiger partial charge in [-0.15, -0.1) is 0 Å². The molecule has 1 aliphatic heterocycles. The van der Waals surface area contributed by atoms with E-state index in [4.69, 9.17) is 9.84 Å². The maximum Gasteiger partial charge on any atom is 0.336 e. The molecule has 0 spiro atoms. The van der Waals surface area contributed by atoms with Gasteiger partial charge in [-0.05, 0) is 26.2 Å². The van der Waals surface area contributed by atoms with Crippen molar-refractivity contribution in [3.8, 4) is 0 Å². The number of rotatable bonds is 2. The van der Waals surface area contributed by atoms with Gasteiger partial charge in [-0.25, -0.2) is 4.79 Å². The lowest BCUT2D eigenvalue weighted by Crippen LogP contribution is -2.46. The predicted molar refractivity (Wildman–Crippen MR) is 46.6 cm³/mol. The maximum atomic E-state index is 11.3. The molecule has 2 N–H and O–H groups in total. The molecule has 14 heavy (non-hydrogen) atoms. The number of ether oxygens (including phenoxy) is 1. The molecule has 2 unspecified atom stereocenters. The number of carbonyl (C=O) groups excluding carboxylic acids is 1. The first kappa shape index (κ1) is 11.0. The number of esters is 1. The summed E-state index contributed by atoms with van der Waals surface area (Å²) in [5.74, 6) is -2.96. The first-order valence-electron chi connectivity index (χ1n) is 4.58. The molecule has 1 heterocycles. The highest BCUT2D eigenvalue weighted by Gasteiger charge is 2.45. The molecule has 0 aromatic rings. The summed E-state index contributed by atoms with van der Waals surface area (Å²) in [4.78, 5) is 22.0. The quantitative estimate of drug-likeness (QED) is 0.623. The van der Waals surface area contributed by atoms with E-state index >= 15 is 0 Å². The van der Waals surface area contributed by atoms with Crippen LogP contribution in [0.15, 0.2) is 0 Å². The molecule has 0 amide bonds. The number of cyclic esters (lactones) is 1. The Hall–Kier alpha value is -1.10. The lowest BCUT2D eigenvalue weighted by molar-refractivity contribution is -0.173. The van der Waals surface area contributed by atoms with E-state index < -0.39 is 23.5 Å². The molecule has 1 rings (SSSR count). The Morgan fingerprint density at radius 2 is 2.21 bits per heavy atom. The molecular weight excluding hydrogens is 188 g/mol. The van der Waals surface area contributed by atoms with Crippen LogP contribution in [0.1, 0.15) is 26.2 Å². The smallest absolute Gasteiger partial charge is 0.336 e. The Kier molecular flexibility index (Phi) is 3.10. The zero-order chi connectivity index (χ0) is 10.8. The number of carboxylic acid groups (broad SMARTS) is 1. The highest BCUT2D eigenvalue weighted by Crippen LogP contribution is 2.26. The van der Waals surface area contributed by atoms with Crippen LogP contribution < -0.4 is 0 Å². The summed E-state index contributed by atoms with van der Waals surface area (Å²) in [5.41, 5.74) is -2.03. The first-order chi connectivity index (χ1) is 6.46. The normalized spacial score (nSPS) is 27.3. The monoisotopic (exact) mass is 202 g/mol. The van der Waals surface area contributed by atoms with E-state index in [0.717, 1.165) is 13.3 Å². The average Bonchev–Trinajstić information content (AvgIpc) is 2.29.